The quantitative estimate of drug-likeness (QED) is 0.138. The molecule has 0 fully saturated rings. The van der Waals surface area contributed by atoms with Crippen molar-refractivity contribution in [3.63, 3.8) is 0 Å². The van der Waals surface area contributed by atoms with E-state index in [0.29, 0.717) is 0 Å². The van der Waals surface area contributed by atoms with Gasteiger partial charge in [0.25, 0.3) is 0 Å². The second kappa shape index (κ2) is 12.1. The Kier molecular flexibility index (Phi) is 7.01. The second-order valence-corrected chi connectivity index (χ2v) is 14.9. The number of allylic oxidation sites excluding steroid dienone is 1. The van der Waals surface area contributed by atoms with E-state index >= 15 is 0 Å². The van der Waals surface area contributed by atoms with Crippen molar-refractivity contribution in [3.05, 3.63) is 221 Å². The predicted octanol–water partition coefficient (Wildman–Crippen LogP) is 12.8. The Morgan fingerprint density at radius 2 is 0.945 bits per heavy atom. The Morgan fingerprint density at radius 3 is 1.58 bits per heavy atom. The molecule has 9 aromatic carbocycles. The molecule has 2 aliphatic rings. The fourth-order valence-electron chi connectivity index (χ4n) is 9.80. The molecule has 2 atom stereocenters. The summed E-state index contributed by atoms with van der Waals surface area (Å²) in [4.78, 5) is 0. The number of hydrogen-bond donors (Lipinski definition) is 2. The van der Waals surface area contributed by atoms with Crippen LogP contribution < -0.4 is 11.1 Å². The molecule has 3 N–H and O–H groups in total. The summed E-state index contributed by atoms with van der Waals surface area (Å²) in [6.45, 7) is 2.09. The molecule has 0 bridgehead atoms. The van der Waals surface area contributed by atoms with Gasteiger partial charge < -0.3 is 11.1 Å². The minimum atomic E-state index is -0.483. The lowest BCUT2D eigenvalue weighted by molar-refractivity contribution is 0.666. The lowest BCUT2D eigenvalue weighted by Gasteiger charge is -2.31. The van der Waals surface area contributed by atoms with Crippen LogP contribution in [0.3, 0.4) is 0 Å². The van der Waals surface area contributed by atoms with Crippen LogP contribution >= 0.6 is 0 Å². The lowest BCUT2D eigenvalue weighted by Crippen LogP contribution is -2.28. The molecule has 0 radical (unpaired) electrons. The van der Waals surface area contributed by atoms with Gasteiger partial charge in [-0.15, -0.1) is 0 Å². The zero-order chi connectivity index (χ0) is 36.7. The summed E-state index contributed by atoms with van der Waals surface area (Å²) in [5, 5.41) is 11.4. The minimum absolute atomic E-state index is 0.377. The van der Waals surface area contributed by atoms with Gasteiger partial charge in [0.2, 0.25) is 0 Å². The van der Waals surface area contributed by atoms with Gasteiger partial charge in [0.05, 0.1) is 5.41 Å². The van der Waals surface area contributed by atoms with Gasteiger partial charge in [0, 0.05) is 5.70 Å². The predicted molar refractivity (Wildman–Crippen MR) is 231 cm³/mol. The Hall–Kier alpha value is -6.74. The molecular weight excluding hydrogens is 665 g/mol. The van der Waals surface area contributed by atoms with Crippen molar-refractivity contribution < 1.29 is 0 Å². The van der Waals surface area contributed by atoms with E-state index in [9.17, 15) is 0 Å². The van der Waals surface area contributed by atoms with Crippen LogP contribution in [0.5, 0.6) is 0 Å². The first-order valence-electron chi connectivity index (χ1n) is 19.2. The minimum Gasteiger partial charge on any atom is -0.366 e. The highest BCUT2D eigenvalue weighted by Gasteiger charge is 2.52. The van der Waals surface area contributed by atoms with Gasteiger partial charge in [-0.05, 0) is 124 Å². The van der Waals surface area contributed by atoms with E-state index in [1.54, 1.807) is 0 Å². The van der Waals surface area contributed by atoms with Crippen LogP contribution in [0.2, 0.25) is 0 Å². The molecule has 1 spiro atoms. The molecular formula is C53H38N2. The summed E-state index contributed by atoms with van der Waals surface area (Å²) < 4.78 is 0. The SMILES string of the molecule is C/C=C(\NC(N)c1ccc(-c2ccccc2)cc1)c1ccc2c(c1)C1(c3ccccc3-2)c2ccccc2-c2cc3c4ccccc4c4ccccc4c3cc21. The highest BCUT2D eigenvalue weighted by atomic mass is 15.0. The van der Waals surface area contributed by atoms with Crippen molar-refractivity contribution in [3.8, 4) is 33.4 Å². The fraction of sp³-hybridized carbons (Fsp3) is 0.0566. The maximum atomic E-state index is 6.91. The molecule has 0 heterocycles. The molecule has 9 aromatic rings. The maximum Gasteiger partial charge on any atom is 0.101 e. The van der Waals surface area contributed by atoms with Gasteiger partial charge >= 0.3 is 0 Å². The number of rotatable bonds is 5. The van der Waals surface area contributed by atoms with Crippen molar-refractivity contribution in [2.45, 2.75) is 18.5 Å². The average molecular weight is 703 g/mol. The summed E-state index contributed by atoms with van der Waals surface area (Å²) in [7, 11) is 0. The van der Waals surface area contributed by atoms with Crippen LogP contribution in [-0.4, -0.2) is 0 Å². The monoisotopic (exact) mass is 702 g/mol. The van der Waals surface area contributed by atoms with Gasteiger partial charge in [-0.2, -0.15) is 0 Å². The van der Waals surface area contributed by atoms with Crippen LogP contribution in [0.25, 0.3) is 71.4 Å². The summed E-state index contributed by atoms with van der Waals surface area (Å²) in [5.41, 5.74) is 22.5. The van der Waals surface area contributed by atoms with E-state index in [4.69, 9.17) is 5.73 Å². The molecule has 0 aliphatic heterocycles. The third kappa shape index (κ3) is 4.53. The smallest absolute Gasteiger partial charge is 0.101 e. The first kappa shape index (κ1) is 31.8. The average Bonchev–Trinajstić information content (AvgIpc) is 3.72. The maximum absolute atomic E-state index is 6.91. The van der Waals surface area contributed by atoms with Gasteiger partial charge in [0.15, 0.2) is 0 Å². The van der Waals surface area contributed by atoms with Crippen molar-refractivity contribution in [1.82, 2.24) is 5.32 Å². The molecule has 2 heteroatoms. The van der Waals surface area contributed by atoms with E-state index in [1.165, 1.54) is 88.0 Å². The molecule has 2 aliphatic carbocycles. The molecule has 0 amide bonds. The third-order valence-corrected chi connectivity index (χ3v) is 12.2. The van der Waals surface area contributed by atoms with E-state index < -0.39 is 5.41 Å². The highest BCUT2D eigenvalue weighted by Crippen LogP contribution is 2.63. The van der Waals surface area contributed by atoms with E-state index in [2.05, 4.69) is 194 Å². The van der Waals surface area contributed by atoms with E-state index in [0.717, 1.165) is 16.8 Å². The Bertz CT molecular complexity index is 3030. The first-order valence-corrected chi connectivity index (χ1v) is 19.2. The Labute approximate surface area is 321 Å². The van der Waals surface area contributed by atoms with Crippen LogP contribution in [0.4, 0.5) is 0 Å². The summed E-state index contributed by atoms with van der Waals surface area (Å²) >= 11 is 0. The normalized spacial score (nSPS) is 15.9. The fourth-order valence-corrected chi connectivity index (χ4v) is 9.80. The van der Waals surface area contributed by atoms with Crippen LogP contribution in [-0.2, 0) is 5.41 Å². The summed E-state index contributed by atoms with van der Waals surface area (Å²) in [6, 6.07) is 67.0. The first-order chi connectivity index (χ1) is 27.1. The van der Waals surface area contributed by atoms with Crippen LogP contribution in [0, 0.1) is 0 Å². The van der Waals surface area contributed by atoms with Gasteiger partial charge in [-0.3, -0.25) is 0 Å². The largest absolute Gasteiger partial charge is 0.366 e. The zero-order valence-electron chi connectivity index (χ0n) is 30.6. The highest BCUT2D eigenvalue weighted by molar-refractivity contribution is 6.26. The Morgan fingerprint density at radius 1 is 0.455 bits per heavy atom. The molecule has 55 heavy (non-hydrogen) atoms. The molecule has 11 rings (SSSR count). The molecule has 0 saturated carbocycles. The van der Waals surface area contributed by atoms with Crippen molar-refractivity contribution >= 4 is 38.0 Å². The molecule has 2 unspecified atom stereocenters. The lowest BCUT2D eigenvalue weighted by atomic mass is 9.70. The van der Waals surface area contributed by atoms with Gasteiger partial charge in [-0.25, -0.2) is 0 Å². The summed E-state index contributed by atoms with van der Waals surface area (Å²) in [6.07, 6.45) is 1.77. The van der Waals surface area contributed by atoms with Crippen molar-refractivity contribution in [2.24, 2.45) is 5.73 Å². The van der Waals surface area contributed by atoms with Crippen LogP contribution in [0.1, 0.15) is 46.5 Å². The van der Waals surface area contributed by atoms with Crippen LogP contribution in [0.15, 0.2) is 188 Å². The van der Waals surface area contributed by atoms with E-state index in [-0.39, 0.29) is 6.17 Å². The van der Waals surface area contributed by atoms with Crippen molar-refractivity contribution in [2.75, 3.05) is 0 Å². The van der Waals surface area contributed by atoms with Gasteiger partial charge in [-0.1, -0.05) is 170 Å². The van der Waals surface area contributed by atoms with Gasteiger partial charge in [0.1, 0.15) is 6.17 Å². The number of benzene rings is 9. The number of fused-ring (bicyclic) bond motifs is 16. The topological polar surface area (TPSA) is 38.0 Å². The molecule has 260 valence electrons. The second-order valence-electron chi connectivity index (χ2n) is 14.9. The number of hydrogen-bond acceptors (Lipinski definition) is 2. The van der Waals surface area contributed by atoms with E-state index in [1.807, 2.05) is 6.07 Å². The number of nitrogens with one attached hydrogen (secondary N) is 1. The van der Waals surface area contributed by atoms with Crippen molar-refractivity contribution in [1.29, 1.82) is 0 Å². The standard InChI is InChI=1S/C53H38N2/c1-2-51(55-52(54)35-26-24-34(25-27-35)33-14-4-3-5-15-33)36-28-29-43-41-20-10-12-22-47(41)53(49(43)30-36)48-23-13-11-21-42(48)46-31-44-39-18-8-6-16-37(39)38-17-7-9-19-40(38)45(44)32-50(46)53/h2-32,52,55H,54H2,1H3/b51-2-. The summed E-state index contributed by atoms with van der Waals surface area (Å²) in [5.74, 6) is 0. The zero-order valence-corrected chi connectivity index (χ0v) is 30.6. The number of nitrogens with two attached hydrogens (primary N) is 1. The molecule has 2 nitrogen and oxygen atoms in total. The molecule has 0 aromatic heterocycles. The third-order valence-electron chi connectivity index (χ3n) is 12.2. The Balaban J connectivity index is 1.10. The molecule has 0 saturated heterocycles.